The first-order chi connectivity index (χ1) is 14.3. The van der Waals surface area contributed by atoms with Crippen LogP contribution in [0.5, 0.6) is 17.6 Å². The second-order valence-electron chi connectivity index (χ2n) is 6.24. The molecule has 0 radical (unpaired) electrons. The molecule has 4 aromatic rings. The maximum Gasteiger partial charge on any atom is 0.320 e. The van der Waals surface area contributed by atoms with Crippen molar-refractivity contribution in [3.63, 3.8) is 0 Å². The van der Waals surface area contributed by atoms with Gasteiger partial charge in [0.25, 0.3) is 0 Å². The molecule has 0 aliphatic heterocycles. The molecule has 2 heterocycles. The van der Waals surface area contributed by atoms with Gasteiger partial charge in [0, 0.05) is 24.8 Å². The maximum absolute atomic E-state index is 6.08. The van der Waals surface area contributed by atoms with Crippen LogP contribution in [-0.2, 0) is 9.47 Å². The van der Waals surface area contributed by atoms with E-state index in [9.17, 15) is 0 Å². The smallest absolute Gasteiger partial charge is 0.320 e. The second kappa shape index (κ2) is 9.27. The standard InChI is InChI=1S/C22H21N3O4/c1-26-11-12-27-13-14-28-22-24-19-7-3-2-6-18(19)21(25-22)29-17-9-8-16-5-4-10-23-20(16)15-17/h2-10,15H,11-14H2,1H3. The monoisotopic (exact) mass is 391 g/mol. The highest BCUT2D eigenvalue weighted by Crippen LogP contribution is 2.30. The molecule has 148 valence electrons. The van der Waals surface area contributed by atoms with E-state index in [0.717, 1.165) is 21.8 Å². The van der Waals surface area contributed by atoms with Gasteiger partial charge < -0.3 is 18.9 Å². The van der Waals surface area contributed by atoms with Gasteiger partial charge in [0.15, 0.2) is 0 Å². The van der Waals surface area contributed by atoms with E-state index in [0.29, 0.717) is 38.1 Å². The Hall–Kier alpha value is -3.29. The minimum Gasteiger partial charge on any atom is -0.461 e. The number of hydrogen-bond donors (Lipinski definition) is 0. The summed E-state index contributed by atoms with van der Waals surface area (Å²) in [5.74, 6) is 1.08. The summed E-state index contributed by atoms with van der Waals surface area (Å²) in [6.07, 6.45) is 1.76. The molecule has 0 aliphatic rings. The summed E-state index contributed by atoms with van der Waals surface area (Å²) in [4.78, 5) is 13.3. The molecule has 0 saturated carbocycles. The van der Waals surface area contributed by atoms with E-state index < -0.39 is 0 Å². The number of methoxy groups -OCH3 is 1. The number of ether oxygens (including phenoxy) is 4. The van der Waals surface area contributed by atoms with Gasteiger partial charge >= 0.3 is 6.01 Å². The zero-order valence-electron chi connectivity index (χ0n) is 16.1. The molecule has 0 bridgehead atoms. The molecule has 0 saturated heterocycles. The van der Waals surface area contributed by atoms with Gasteiger partial charge in [-0.25, -0.2) is 0 Å². The highest BCUT2D eigenvalue weighted by atomic mass is 16.5. The van der Waals surface area contributed by atoms with Crippen molar-refractivity contribution < 1.29 is 18.9 Å². The molecule has 29 heavy (non-hydrogen) atoms. The predicted molar refractivity (Wildman–Crippen MR) is 110 cm³/mol. The fourth-order valence-electron chi connectivity index (χ4n) is 2.83. The summed E-state index contributed by atoms with van der Waals surface area (Å²) in [7, 11) is 1.63. The number of nitrogens with zero attached hydrogens (tertiary/aromatic N) is 3. The normalized spacial score (nSPS) is 11.1. The number of hydrogen-bond acceptors (Lipinski definition) is 7. The summed E-state index contributed by atoms with van der Waals surface area (Å²) in [6, 6.07) is 17.6. The molecule has 0 spiro atoms. The summed E-state index contributed by atoms with van der Waals surface area (Å²) >= 11 is 0. The van der Waals surface area contributed by atoms with Crippen LogP contribution in [0.4, 0.5) is 0 Å². The molecule has 2 aromatic carbocycles. The highest BCUT2D eigenvalue weighted by Gasteiger charge is 2.11. The molecule has 0 aliphatic carbocycles. The average molecular weight is 391 g/mol. The Morgan fingerprint density at radius 3 is 2.66 bits per heavy atom. The summed E-state index contributed by atoms with van der Waals surface area (Å²) < 4.78 is 22.1. The van der Waals surface area contributed by atoms with E-state index in [1.54, 1.807) is 13.3 Å². The van der Waals surface area contributed by atoms with E-state index in [4.69, 9.17) is 18.9 Å². The largest absolute Gasteiger partial charge is 0.461 e. The minimum absolute atomic E-state index is 0.243. The molecule has 7 heteroatoms. The Bertz CT molecular complexity index is 1100. The first-order valence-corrected chi connectivity index (χ1v) is 9.32. The van der Waals surface area contributed by atoms with Crippen molar-refractivity contribution in [3.05, 3.63) is 60.8 Å². The van der Waals surface area contributed by atoms with E-state index in [2.05, 4.69) is 15.0 Å². The van der Waals surface area contributed by atoms with Crippen molar-refractivity contribution in [2.24, 2.45) is 0 Å². The van der Waals surface area contributed by atoms with Gasteiger partial charge in [-0.3, -0.25) is 4.98 Å². The van der Waals surface area contributed by atoms with E-state index in [1.807, 2.05) is 54.6 Å². The molecule has 0 amide bonds. The lowest BCUT2D eigenvalue weighted by molar-refractivity contribution is 0.0528. The van der Waals surface area contributed by atoms with Gasteiger partial charge in [0.05, 0.1) is 36.2 Å². The number of benzene rings is 2. The molecule has 0 fully saturated rings. The van der Waals surface area contributed by atoms with E-state index in [-0.39, 0.29) is 6.01 Å². The first-order valence-electron chi connectivity index (χ1n) is 9.32. The van der Waals surface area contributed by atoms with Gasteiger partial charge in [0.2, 0.25) is 5.88 Å². The zero-order chi connectivity index (χ0) is 19.9. The molecule has 0 N–H and O–H groups in total. The van der Waals surface area contributed by atoms with E-state index >= 15 is 0 Å². The van der Waals surface area contributed by atoms with Crippen molar-refractivity contribution in [1.29, 1.82) is 0 Å². The maximum atomic E-state index is 6.08. The highest BCUT2D eigenvalue weighted by molar-refractivity contribution is 5.84. The first kappa shape index (κ1) is 19.0. The van der Waals surface area contributed by atoms with Crippen molar-refractivity contribution in [1.82, 2.24) is 15.0 Å². The van der Waals surface area contributed by atoms with Gasteiger partial charge in [0.1, 0.15) is 12.4 Å². The summed E-state index contributed by atoms with van der Waals surface area (Å²) in [6.45, 7) is 1.82. The Morgan fingerprint density at radius 1 is 0.828 bits per heavy atom. The van der Waals surface area contributed by atoms with Crippen LogP contribution < -0.4 is 9.47 Å². The average Bonchev–Trinajstić information content (AvgIpc) is 2.76. The molecule has 2 aromatic heterocycles. The number of rotatable bonds is 9. The number of para-hydroxylation sites is 1. The van der Waals surface area contributed by atoms with Gasteiger partial charge in [-0.15, -0.1) is 0 Å². The Balaban J connectivity index is 1.55. The molecular weight excluding hydrogens is 370 g/mol. The van der Waals surface area contributed by atoms with Crippen LogP contribution in [0.2, 0.25) is 0 Å². The van der Waals surface area contributed by atoms with E-state index in [1.165, 1.54) is 0 Å². The number of pyridine rings is 1. The third-order valence-corrected chi connectivity index (χ3v) is 4.23. The lowest BCUT2D eigenvalue weighted by Crippen LogP contribution is -2.11. The minimum atomic E-state index is 0.243. The lowest BCUT2D eigenvalue weighted by atomic mass is 10.2. The summed E-state index contributed by atoms with van der Waals surface area (Å²) in [5.41, 5.74) is 1.60. The number of aromatic nitrogens is 3. The third-order valence-electron chi connectivity index (χ3n) is 4.23. The van der Waals surface area contributed by atoms with Crippen LogP contribution in [0.25, 0.3) is 21.8 Å². The van der Waals surface area contributed by atoms with Crippen molar-refractivity contribution in [2.75, 3.05) is 33.5 Å². The third kappa shape index (κ3) is 4.77. The quantitative estimate of drug-likeness (QED) is 0.399. The molecule has 4 rings (SSSR count). The van der Waals surface area contributed by atoms with Crippen LogP contribution >= 0.6 is 0 Å². The topological polar surface area (TPSA) is 75.6 Å². The van der Waals surface area contributed by atoms with Crippen LogP contribution in [0.3, 0.4) is 0 Å². The zero-order valence-corrected chi connectivity index (χ0v) is 16.1. The second-order valence-corrected chi connectivity index (χ2v) is 6.24. The van der Waals surface area contributed by atoms with Crippen LogP contribution in [0, 0.1) is 0 Å². The van der Waals surface area contributed by atoms with Gasteiger partial charge in [-0.2, -0.15) is 9.97 Å². The number of fused-ring (bicyclic) bond motifs is 2. The van der Waals surface area contributed by atoms with Gasteiger partial charge in [-0.05, 0) is 30.3 Å². The van der Waals surface area contributed by atoms with Gasteiger partial charge in [-0.1, -0.05) is 18.2 Å². The molecule has 7 nitrogen and oxygen atoms in total. The SMILES string of the molecule is COCCOCCOc1nc(Oc2ccc3cccnc3c2)c2ccccc2n1. The Labute approximate surface area is 168 Å². The van der Waals surface area contributed by atoms with Crippen LogP contribution in [0.15, 0.2) is 60.8 Å². The van der Waals surface area contributed by atoms with Crippen LogP contribution in [-0.4, -0.2) is 48.5 Å². The predicted octanol–water partition coefficient (Wildman–Crippen LogP) is 4.01. The summed E-state index contributed by atoms with van der Waals surface area (Å²) in [5, 5.41) is 1.85. The van der Waals surface area contributed by atoms with Crippen LogP contribution in [0.1, 0.15) is 0 Å². The van der Waals surface area contributed by atoms with Crippen molar-refractivity contribution in [3.8, 4) is 17.6 Å². The van der Waals surface area contributed by atoms with Crippen molar-refractivity contribution >= 4 is 21.8 Å². The molecular formula is C22H21N3O4. The molecule has 0 unspecified atom stereocenters. The fraction of sp³-hybridized carbons (Fsp3) is 0.227. The van der Waals surface area contributed by atoms with Crippen molar-refractivity contribution in [2.45, 2.75) is 0 Å². The fourth-order valence-corrected chi connectivity index (χ4v) is 2.83. The molecule has 0 atom stereocenters. The Morgan fingerprint density at radius 2 is 1.72 bits per heavy atom. The lowest BCUT2D eigenvalue weighted by Gasteiger charge is -2.11. The Kier molecular flexibility index (Phi) is 6.09.